The topological polar surface area (TPSA) is 78.7 Å². The third-order valence-corrected chi connectivity index (χ3v) is 2.15. The molecular weight excluding hydrogens is 182 g/mol. The first kappa shape index (κ1) is 10.3. The maximum Gasteiger partial charge on any atom is 0.268 e. The fourth-order valence-corrected chi connectivity index (χ4v) is 1.11. The maximum absolute atomic E-state index is 11.5. The lowest BCUT2D eigenvalue weighted by Crippen LogP contribution is -2.33. The normalized spacial score (nSPS) is 9.79. The molecule has 0 saturated carbocycles. The van der Waals surface area contributed by atoms with Crippen molar-refractivity contribution in [3.8, 4) is 6.07 Å². The van der Waals surface area contributed by atoms with E-state index in [1.165, 1.54) is 4.68 Å². The van der Waals surface area contributed by atoms with E-state index in [0.29, 0.717) is 11.1 Å². The van der Waals surface area contributed by atoms with Gasteiger partial charge in [0.1, 0.15) is 0 Å². The monoisotopic (exact) mass is 193 g/mol. The number of nitriles is 1. The minimum atomic E-state index is -0.278. The van der Waals surface area contributed by atoms with E-state index < -0.39 is 0 Å². The van der Waals surface area contributed by atoms with Gasteiger partial charge in [-0.25, -0.2) is 4.68 Å². The van der Waals surface area contributed by atoms with Crippen molar-refractivity contribution >= 4 is 0 Å². The number of aryl methyl sites for hydroxylation is 1. The molecule has 0 saturated heterocycles. The van der Waals surface area contributed by atoms with Gasteiger partial charge in [0.05, 0.1) is 19.0 Å². The van der Waals surface area contributed by atoms with Gasteiger partial charge in [0.15, 0.2) is 0 Å². The van der Waals surface area contributed by atoms with Gasteiger partial charge in [-0.2, -0.15) is 5.26 Å². The van der Waals surface area contributed by atoms with Gasteiger partial charge in [-0.05, 0) is 13.8 Å². The van der Waals surface area contributed by atoms with Crippen LogP contribution in [0.4, 0.5) is 0 Å². The summed E-state index contributed by atoms with van der Waals surface area (Å²) in [7, 11) is 0. The third-order valence-electron chi connectivity index (χ3n) is 2.15. The van der Waals surface area contributed by atoms with Gasteiger partial charge in [-0.15, -0.1) is 0 Å². The molecular formula is C9H11N3O2. The fraction of sp³-hybridized carbons (Fsp3) is 0.444. The molecule has 1 aromatic rings. The summed E-state index contributed by atoms with van der Waals surface area (Å²) in [5.41, 5.74) is 0.354. The van der Waals surface area contributed by atoms with Crippen molar-refractivity contribution in [3.63, 3.8) is 0 Å². The maximum atomic E-state index is 11.5. The molecule has 14 heavy (non-hydrogen) atoms. The molecule has 0 aromatic carbocycles. The van der Waals surface area contributed by atoms with Crippen LogP contribution in [0.25, 0.3) is 0 Å². The SMILES string of the molecule is Cc1c(C)c(=O)n(CCC#N)[nH]c1=O. The summed E-state index contributed by atoms with van der Waals surface area (Å²) in [5, 5.41) is 10.8. The molecule has 0 atom stereocenters. The highest BCUT2D eigenvalue weighted by Gasteiger charge is 2.05. The van der Waals surface area contributed by atoms with Crippen LogP contribution in [-0.4, -0.2) is 9.78 Å². The molecule has 0 unspecified atom stereocenters. The van der Waals surface area contributed by atoms with Gasteiger partial charge in [0, 0.05) is 11.1 Å². The Bertz CT molecular complexity index is 490. The Labute approximate surface area is 80.6 Å². The Morgan fingerprint density at radius 2 is 2.00 bits per heavy atom. The molecule has 74 valence electrons. The highest BCUT2D eigenvalue weighted by Crippen LogP contribution is 1.91. The zero-order valence-electron chi connectivity index (χ0n) is 8.13. The summed E-state index contributed by atoms with van der Waals surface area (Å²) in [6.45, 7) is 3.44. The summed E-state index contributed by atoms with van der Waals surface area (Å²) in [6.07, 6.45) is 0.207. The summed E-state index contributed by atoms with van der Waals surface area (Å²) in [6, 6.07) is 1.92. The number of rotatable bonds is 2. The number of aromatic amines is 1. The second-order valence-corrected chi connectivity index (χ2v) is 3.06. The van der Waals surface area contributed by atoms with E-state index in [1.54, 1.807) is 13.8 Å². The Morgan fingerprint density at radius 3 is 2.57 bits per heavy atom. The van der Waals surface area contributed by atoms with Gasteiger partial charge in [0.25, 0.3) is 11.1 Å². The molecule has 0 fully saturated rings. The minimum absolute atomic E-state index is 0.207. The van der Waals surface area contributed by atoms with E-state index in [2.05, 4.69) is 5.10 Å². The van der Waals surface area contributed by atoms with Gasteiger partial charge in [-0.1, -0.05) is 0 Å². The third kappa shape index (κ3) is 1.74. The molecule has 0 bridgehead atoms. The van der Waals surface area contributed by atoms with Crippen molar-refractivity contribution in [2.45, 2.75) is 26.8 Å². The van der Waals surface area contributed by atoms with Crippen LogP contribution in [-0.2, 0) is 6.54 Å². The fourth-order valence-electron chi connectivity index (χ4n) is 1.11. The predicted octanol–water partition coefficient (Wildman–Crippen LogP) is 0.0671. The Balaban J connectivity index is 3.28. The first-order chi connectivity index (χ1) is 6.57. The molecule has 0 aliphatic carbocycles. The van der Waals surface area contributed by atoms with E-state index in [4.69, 9.17) is 5.26 Å². The second kappa shape index (κ2) is 3.92. The molecule has 0 spiro atoms. The van der Waals surface area contributed by atoms with Crippen LogP contribution in [0.3, 0.4) is 0 Å². The van der Waals surface area contributed by atoms with Crippen molar-refractivity contribution in [1.82, 2.24) is 9.78 Å². The predicted molar refractivity (Wildman–Crippen MR) is 51.0 cm³/mol. The van der Waals surface area contributed by atoms with Crippen molar-refractivity contribution in [2.24, 2.45) is 0 Å². The molecule has 5 heteroatoms. The zero-order chi connectivity index (χ0) is 10.7. The number of nitrogens with zero attached hydrogens (tertiary/aromatic N) is 2. The highest BCUT2D eigenvalue weighted by molar-refractivity contribution is 5.17. The Morgan fingerprint density at radius 1 is 1.36 bits per heavy atom. The molecule has 5 nitrogen and oxygen atoms in total. The van der Waals surface area contributed by atoms with Crippen molar-refractivity contribution in [3.05, 3.63) is 31.8 Å². The molecule has 1 N–H and O–H groups in total. The summed E-state index contributed by atoms with van der Waals surface area (Å²) < 4.78 is 1.17. The van der Waals surface area contributed by atoms with E-state index in [1.807, 2.05) is 6.07 Å². The summed E-state index contributed by atoms with van der Waals surface area (Å²) in [4.78, 5) is 22.8. The van der Waals surface area contributed by atoms with Crippen LogP contribution in [0.15, 0.2) is 9.59 Å². The summed E-state index contributed by atoms with van der Waals surface area (Å²) in [5.74, 6) is 0. The van der Waals surface area contributed by atoms with Crippen molar-refractivity contribution < 1.29 is 0 Å². The Hall–Kier alpha value is -1.83. The quantitative estimate of drug-likeness (QED) is 0.721. The lowest BCUT2D eigenvalue weighted by molar-refractivity contribution is 0.572. The van der Waals surface area contributed by atoms with Crippen LogP contribution in [0, 0.1) is 25.2 Å². The van der Waals surface area contributed by atoms with Crippen LogP contribution in [0.2, 0.25) is 0 Å². The number of nitrogens with one attached hydrogen (secondary N) is 1. The van der Waals surface area contributed by atoms with Crippen molar-refractivity contribution in [2.75, 3.05) is 0 Å². The average molecular weight is 193 g/mol. The lowest BCUT2D eigenvalue weighted by Gasteiger charge is -2.05. The first-order valence-corrected chi connectivity index (χ1v) is 4.25. The van der Waals surface area contributed by atoms with Crippen LogP contribution < -0.4 is 11.1 Å². The smallest absolute Gasteiger partial charge is 0.268 e. The highest BCUT2D eigenvalue weighted by atomic mass is 16.2. The molecule has 1 aromatic heterocycles. The number of H-pyrrole nitrogens is 1. The summed E-state index contributed by atoms with van der Waals surface area (Å²) >= 11 is 0. The molecule has 0 amide bonds. The van der Waals surface area contributed by atoms with Crippen LogP contribution in [0.5, 0.6) is 0 Å². The van der Waals surface area contributed by atoms with E-state index >= 15 is 0 Å². The minimum Gasteiger partial charge on any atom is -0.268 e. The van der Waals surface area contributed by atoms with Gasteiger partial charge in [0.2, 0.25) is 0 Å². The molecule has 0 radical (unpaired) electrons. The van der Waals surface area contributed by atoms with Gasteiger partial charge < -0.3 is 0 Å². The second-order valence-electron chi connectivity index (χ2n) is 3.06. The van der Waals surface area contributed by atoms with Gasteiger partial charge in [-0.3, -0.25) is 14.7 Å². The largest absolute Gasteiger partial charge is 0.268 e. The molecule has 0 aliphatic rings. The first-order valence-electron chi connectivity index (χ1n) is 4.25. The average Bonchev–Trinajstić information content (AvgIpc) is 2.18. The standard InChI is InChI=1S/C9H11N3O2/c1-6-7(2)9(14)12(5-3-4-10)11-8(6)13/h3,5H2,1-2H3,(H,11,13). The Kier molecular flexibility index (Phi) is 2.87. The van der Waals surface area contributed by atoms with Crippen LogP contribution in [0.1, 0.15) is 17.5 Å². The zero-order valence-corrected chi connectivity index (χ0v) is 8.13. The molecule has 0 aliphatic heterocycles. The van der Waals surface area contributed by atoms with Crippen molar-refractivity contribution in [1.29, 1.82) is 5.26 Å². The van der Waals surface area contributed by atoms with Gasteiger partial charge >= 0.3 is 0 Å². The number of hydrogen-bond donors (Lipinski definition) is 1. The van der Waals surface area contributed by atoms with E-state index in [9.17, 15) is 9.59 Å². The van der Waals surface area contributed by atoms with E-state index in [0.717, 1.165) is 0 Å². The number of aromatic nitrogens is 2. The number of hydrogen-bond acceptors (Lipinski definition) is 3. The molecule has 1 heterocycles. The lowest BCUT2D eigenvalue weighted by atomic mass is 10.2. The van der Waals surface area contributed by atoms with Crippen LogP contribution >= 0.6 is 0 Å². The van der Waals surface area contributed by atoms with E-state index in [-0.39, 0.29) is 24.1 Å². The molecule has 1 rings (SSSR count).